The van der Waals surface area contributed by atoms with Gasteiger partial charge in [0.2, 0.25) is 0 Å². The van der Waals surface area contributed by atoms with Crippen molar-refractivity contribution in [1.29, 1.82) is 0 Å². The maximum atomic E-state index is 5.33. The lowest BCUT2D eigenvalue weighted by molar-refractivity contribution is 0.409. The van der Waals surface area contributed by atoms with Gasteiger partial charge in [-0.3, -0.25) is 0 Å². The Morgan fingerprint density at radius 3 is 2.95 bits per heavy atom. The van der Waals surface area contributed by atoms with E-state index < -0.39 is 0 Å². The summed E-state index contributed by atoms with van der Waals surface area (Å²) in [5.41, 5.74) is 1.26. The summed E-state index contributed by atoms with van der Waals surface area (Å²) in [5, 5.41) is 3.46. The first-order valence-corrected chi connectivity index (χ1v) is 6.68. The van der Waals surface area contributed by atoms with Gasteiger partial charge in [-0.25, -0.2) is 4.98 Å². The molecule has 0 saturated carbocycles. The smallest absolute Gasteiger partial charge is 0.122 e. The summed E-state index contributed by atoms with van der Waals surface area (Å²) in [6.45, 7) is 3.01. The summed E-state index contributed by atoms with van der Waals surface area (Å²) in [6, 6.07) is 8.18. The molecule has 1 heterocycles. The number of imidazole rings is 1. The molecule has 2 aromatic rings. The molecule has 0 amide bonds. The average Bonchev–Trinajstić information content (AvgIpc) is 2.96. The zero-order chi connectivity index (χ0) is 13.3. The number of hydrogen-bond donors (Lipinski definition) is 1. The molecule has 2 rings (SSSR count). The molecule has 102 valence electrons. The number of ether oxygens (including phenoxy) is 1. The first kappa shape index (κ1) is 13.6. The number of hydrogen-bond acceptors (Lipinski definition) is 3. The summed E-state index contributed by atoms with van der Waals surface area (Å²) >= 11 is 0. The molecule has 0 radical (unpaired) electrons. The fourth-order valence-corrected chi connectivity index (χ4v) is 2.06. The third-order valence-corrected chi connectivity index (χ3v) is 3.09. The molecule has 0 unspecified atom stereocenters. The molecule has 0 atom stereocenters. The van der Waals surface area contributed by atoms with Crippen LogP contribution in [0.2, 0.25) is 0 Å². The molecule has 0 bridgehead atoms. The van der Waals surface area contributed by atoms with Crippen molar-refractivity contribution >= 4 is 0 Å². The summed E-state index contributed by atoms with van der Waals surface area (Å²) < 4.78 is 7.43. The molecule has 0 aliphatic rings. The molecule has 0 aliphatic heterocycles. The summed E-state index contributed by atoms with van der Waals surface area (Å²) in [5.74, 6) is 0.975. The predicted octanol–water partition coefficient (Wildman–Crippen LogP) is 2.11. The molecule has 1 aromatic heterocycles. The Morgan fingerprint density at radius 2 is 2.16 bits per heavy atom. The Kier molecular flexibility index (Phi) is 5.44. The topological polar surface area (TPSA) is 39.1 Å². The van der Waals surface area contributed by atoms with Gasteiger partial charge in [0.05, 0.1) is 13.4 Å². The largest absolute Gasteiger partial charge is 0.496 e. The molecule has 0 spiro atoms. The highest BCUT2D eigenvalue weighted by Crippen LogP contribution is 2.17. The van der Waals surface area contributed by atoms with Crippen molar-refractivity contribution in [2.75, 3.05) is 20.2 Å². The van der Waals surface area contributed by atoms with E-state index in [1.807, 2.05) is 30.9 Å². The van der Waals surface area contributed by atoms with Gasteiger partial charge in [-0.15, -0.1) is 0 Å². The summed E-state index contributed by atoms with van der Waals surface area (Å²) in [6.07, 6.45) is 7.77. The minimum Gasteiger partial charge on any atom is -0.496 e. The van der Waals surface area contributed by atoms with Crippen LogP contribution in [0.1, 0.15) is 12.0 Å². The van der Waals surface area contributed by atoms with Crippen LogP contribution in [0.3, 0.4) is 0 Å². The quantitative estimate of drug-likeness (QED) is 0.738. The number of para-hydroxylation sites is 1. The van der Waals surface area contributed by atoms with Gasteiger partial charge in [-0.1, -0.05) is 18.2 Å². The lowest BCUT2D eigenvalue weighted by atomic mass is 10.1. The van der Waals surface area contributed by atoms with Gasteiger partial charge in [-0.2, -0.15) is 0 Å². The minimum absolute atomic E-state index is 0.975. The van der Waals surface area contributed by atoms with Gasteiger partial charge in [-0.05, 0) is 37.6 Å². The Bertz CT molecular complexity index is 468. The van der Waals surface area contributed by atoms with Crippen molar-refractivity contribution in [3.63, 3.8) is 0 Å². The first-order chi connectivity index (χ1) is 9.40. The van der Waals surface area contributed by atoms with Crippen molar-refractivity contribution in [3.8, 4) is 5.75 Å². The van der Waals surface area contributed by atoms with Gasteiger partial charge in [0, 0.05) is 18.9 Å². The van der Waals surface area contributed by atoms with Crippen LogP contribution >= 0.6 is 0 Å². The van der Waals surface area contributed by atoms with E-state index in [1.54, 1.807) is 7.11 Å². The van der Waals surface area contributed by atoms with Crippen molar-refractivity contribution < 1.29 is 4.74 Å². The maximum absolute atomic E-state index is 5.33. The molecule has 1 aromatic carbocycles. The van der Waals surface area contributed by atoms with Crippen LogP contribution in [0.25, 0.3) is 0 Å². The second kappa shape index (κ2) is 7.59. The second-order valence-electron chi connectivity index (χ2n) is 4.47. The third-order valence-electron chi connectivity index (χ3n) is 3.09. The fraction of sp³-hybridized carbons (Fsp3) is 0.400. The van der Waals surface area contributed by atoms with E-state index in [4.69, 9.17) is 4.74 Å². The second-order valence-corrected chi connectivity index (χ2v) is 4.47. The van der Waals surface area contributed by atoms with Crippen molar-refractivity contribution in [3.05, 3.63) is 48.5 Å². The fourth-order valence-electron chi connectivity index (χ4n) is 2.06. The number of aryl methyl sites for hydroxylation is 1. The highest BCUT2D eigenvalue weighted by Gasteiger charge is 2.00. The van der Waals surface area contributed by atoms with E-state index in [9.17, 15) is 0 Å². The number of aromatic nitrogens is 2. The maximum Gasteiger partial charge on any atom is 0.122 e. The van der Waals surface area contributed by atoms with Gasteiger partial charge >= 0.3 is 0 Å². The molecular formula is C15H21N3O. The van der Waals surface area contributed by atoms with Crippen LogP contribution in [0.4, 0.5) is 0 Å². The normalized spacial score (nSPS) is 10.6. The zero-order valence-corrected chi connectivity index (χ0v) is 11.4. The van der Waals surface area contributed by atoms with E-state index in [-0.39, 0.29) is 0 Å². The molecule has 4 nitrogen and oxygen atoms in total. The lowest BCUT2D eigenvalue weighted by Crippen LogP contribution is -2.19. The van der Waals surface area contributed by atoms with Crippen LogP contribution in [-0.4, -0.2) is 29.8 Å². The standard InChI is InChI=1S/C15H21N3O/c1-19-15-6-3-2-5-14(15)7-9-16-8-4-11-18-12-10-17-13-18/h2-3,5-6,10,12-13,16H,4,7-9,11H2,1H3. The number of methoxy groups -OCH3 is 1. The van der Waals surface area contributed by atoms with E-state index in [0.29, 0.717) is 0 Å². The van der Waals surface area contributed by atoms with E-state index in [1.165, 1.54) is 5.56 Å². The minimum atomic E-state index is 0.975. The van der Waals surface area contributed by atoms with Crippen LogP contribution in [0.15, 0.2) is 43.0 Å². The van der Waals surface area contributed by atoms with Gasteiger partial charge in [0.1, 0.15) is 5.75 Å². The highest BCUT2D eigenvalue weighted by atomic mass is 16.5. The van der Waals surface area contributed by atoms with Crippen LogP contribution in [-0.2, 0) is 13.0 Å². The lowest BCUT2D eigenvalue weighted by Gasteiger charge is -2.09. The van der Waals surface area contributed by atoms with Crippen molar-refractivity contribution in [2.24, 2.45) is 0 Å². The molecule has 1 N–H and O–H groups in total. The molecule has 0 saturated heterocycles. The number of nitrogens with one attached hydrogen (secondary N) is 1. The Balaban J connectivity index is 1.61. The SMILES string of the molecule is COc1ccccc1CCNCCCn1ccnc1. The Labute approximate surface area is 114 Å². The van der Waals surface area contributed by atoms with E-state index in [2.05, 4.69) is 27.0 Å². The van der Waals surface area contributed by atoms with Crippen molar-refractivity contribution in [2.45, 2.75) is 19.4 Å². The van der Waals surface area contributed by atoms with Crippen molar-refractivity contribution in [1.82, 2.24) is 14.9 Å². The number of nitrogens with zero attached hydrogens (tertiary/aromatic N) is 2. The van der Waals surface area contributed by atoms with Crippen LogP contribution in [0.5, 0.6) is 5.75 Å². The Hall–Kier alpha value is -1.81. The number of benzene rings is 1. The van der Waals surface area contributed by atoms with E-state index >= 15 is 0 Å². The van der Waals surface area contributed by atoms with Gasteiger partial charge in [0.25, 0.3) is 0 Å². The third kappa shape index (κ3) is 4.41. The first-order valence-electron chi connectivity index (χ1n) is 6.68. The monoisotopic (exact) mass is 259 g/mol. The van der Waals surface area contributed by atoms with Crippen LogP contribution in [0, 0.1) is 0 Å². The molecule has 0 fully saturated rings. The van der Waals surface area contributed by atoms with E-state index in [0.717, 1.165) is 38.2 Å². The zero-order valence-electron chi connectivity index (χ0n) is 11.4. The number of rotatable bonds is 8. The van der Waals surface area contributed by atoms with Crippen LogP contribution < -0.4 is 10.1 Å². The Morgan fingerprint density at radius 1 is 1.26 bits per heavy atom. The summed E-state index contributed by atoms with van der Waals surface area (Å²) in [7, 11) is 1.72. The van der Waals surface area contributed by atoms with Gasteiger partial charge in [0.15, 0.2) is 0 Å². The highest BCUT2D eigenvalue weighted by molar-refractivity contribution is 5.33. The molecule has 19 heavy (non-hydrogen) atoms. The molecule has 4 heteroatoms. The molecular weight excluding hydrogens is 238 g/mol. The van der Waals surface area contributed by atoms with Gasteiger partial charge < -0.3 is 14.6 Å². The predicted molar refractivity (Wildman–Crippen MR) is 76.4 cm³/mol. The molecule has 0 aliphatic carbocycles. The summed E-state index contributed by atoms with van der Waals surface area (Å²) in [4.78, 5) is 4.02. The average molecular weight is 259 g/mol.